The lowest BCUT2D eigenvalue weighted by atomic mass is 10.1. The molecule has 1 aromatic carbocycles. The Morgan fingerprint density at radius 3 is 3.05 bits per heavy atom. The van der Waals surface area contributed by atoms with Gasteiger partial charge in [-0.3, -0.25) is 4.79 Å². The van der Waals surface area contributed by atoms with Crippen LogP contribution in [0.1, 0.15) is 24.7 Å². The van der Waals surface area contributed by atoms with E-state index in [4.69, 9.17) is 0 Å². The maximum Gasteiger partial charge on any atom is 0.246 e. The molecular weight excluding hydrogens is 269 g/mol. The van der Waals surface area contributed by atoms with E-state index in [0.29, 0.717) is 23.6 Å². The summed E-state index contributed by atoms with van der Waals surface area (Å²) in [5, 5.41) is 0. The average Bonchev–Trinajstić information content (AvgIpc) is 3.15. The van der Waals surface area contributed by atoms with Crippen LogP contribution in [0.3, 0.4) is 0 Å². The van der Waals surface area contributed by atoms with Crippen LogP contribution in [0, 0.1) is 5.82 Å². The lowest BCUT2D eigenvalue weighted by molar-refractivity contribution is -0.127. The van der Waals surface area contributed by atoms with Gasteiger partial charge in [0.15, 0.2) is 0 Å². The Balaban J connectivity index is 1.90. The number of hydrogen-bond acceptors (Lipinski definition) is 2. The van der Waals surface area contributed by atoms with Gasteiger partial charge in [-0.05, 0) is 31.1 Å². The maximum absolute atomic E-state index is 13.8. The summed E-state index contributed by atoms with van der Waals surface area (Å²) in [5.41, 5.74) is 1.11. The predicted molar refractivity (Wildman–Crippen MR) is 77.9 cm³/mol. The molecule has 2 heterocycles. The number of aromatic amines is 1. The van der Waals surface area contributed by atoms with Gasteiger partial charge in [-0.2, -0.15) is 0 Å². The van der Waals surface area contributed by atoms with E-state index < -0.39 is 0 Å². The van der Waals surface area contributed by atoms with Gasteiger partial charge >= 0.3 is 0 Å². The highest BCUT2D eigenvalue weighted by atomic mass is 19.1. The zero-order valence-corrected chi connectivity index (χ0v) is 11.6. The summed E-state index contributed by atoms with van der Waals surface area (Å²) in [6.07, 6.45) is 4.71. The van der Waals surface area contributed by atoms with E-state index in [2.05, 4.69) is 16.5 Å². The number of imidazole rings is 1. The number of nitrogens with zero attached hydrogens (tertiary/aromatic N) is 2. The zero-order valence-electron chi connectivity index (χ0n) is 11.6. The van der Waals surface area contributed by atoms with E-state index in [1.165, 1.54) is 12.1 Å². The molecule has 4 nitrogen and oxygen atoms in total. The van der Waals surface area contributed by atoms with Crippen LogP contribution in [0.4, 0.5) is 4.39 Å². The van der Waals surface area contributed by atoms with E-state index in [9.17, 15) is 9.18 Å². The average molecular weight is 285 g/mol. The van der Waals surface area contributed by atoms with Gasteiger partial charge in [0.25, 0.3) is 0 Å². The number of hydrogen-bond donors (Lipinski definition) is 1. The highest BCUT2D eigenvalue weighted by Gasteiger charge is 2.30. The molecule has 0 aliphatic carbocycles. The molecule has 1 N–H and O–H groups in total. The fourth-order valence-corrected chi connectivity index (χ4v) is 2.75. The topological polar surface area (TPSA) is 49.0 Å². The molecule has 0 bridgehead atoms. The summed E-state index contributed by atoms with van der Waals surface area (Å²) in [7, 11) is 0. The number of H-pyrrole nitrogens is 1. The predicted octanol–water partition coefficient (Wildman–Crippen LogP) is 3.07. The summed E-state index contributed by atoms with van der Waals surface area (Å²) < 4.78 is 13.8. The minimum absolute atomic E-state index is 0.0870. The van der Waals surface area contributed by atoms with E-state index in [1.54, 1.807) is 29.3 Å². The number of halogens is 1. The number of benzene rings is 1. The highest BCUT2D eigenvalue weighted by Crippen LogP contribution is 2.31. The van der Waals surface area contributed by atoms with Gasteiger partial charge in [0.1, 0.15) is 11.6 Å². The van der Waals surface area contributed by atoms with Crippen molar-refractivity contribution in [3.05, 3.63) is 54.8 Å². The van der Waals surface area contributed by atoms with Crippen molar-refractivity contribution in [2.75, 3.05) is 6.54 Å². The molecule has 1 fully saturated rings. The summed E-state index contributed by atoms with van der Waals surface area (Å²) in [6, 6.07) is 6.46. The van der Waals surface area contributed by atoms with Crippen LogP contribution in [0.5, 0.6) is 0 Å². The highest BCUT2D eigenvalue weighted by molar-refractivity contribution is 5.87. The van der Waals surface area contributed by atoms with Crippen LogP contribution >= 0.6 is 0 Å². The van der Waals surface area contributed by atoms with E-state index in [0.717, 1.165) is 12.8 Å². The third-order valence-corrected chi connectivity index (χ3v) is 3.79. The standard InChI is InChI=1S/C16H16FN3O/c1-2-15(21)20-9-5-8-14(20)16-18-10-13(19-16)11-6-3-4-7-12(11)17/h2-4,6-7,10,14H,1,5,8-9H2,(H,18,19). The van der Waals surface area contributed by atoms with Crippen molar-refractivity contribution in [1.29, 1.82) is 0 Å². The van der Waals surface area contributed by atoms with Crippen molar-refractivity contribution in [2.24, 2.45) is 0 Å². The van der Waals surface area contributed by atoms with Crippen molar-refractivity contribution >= 4 is 5.91 Å². The first-order chi connectivity index (χ1) is 10.2. The first-order valence-corrected chi connectivity index (χ1v) is 6.93. The molecule has 1 amide bonds. The second-order valence-electron chi connectivity index (χ2n) is 5.06. The van der Waals surface area contributed by atoms with Gasteiger partial charge in [-0.25, -0.2) is 9.37 Å². The van der Waals surface area contributed by atoms with Crippen molar-refractivity contribution in [2.45, 2.75) is 18.9 Å². The Bertz CT molecular complexity index is 680. The second-order valence-corrected chi connectivity index (χ2v) is 5.06. The largest absolute Gasteiger partial charge is 0.340 e. The van der Waals surface area contributed by atoms with Gasteiger partial charge < -0.3 is 9.88 Å². The first-order valence-electron chi connectivity index (χ1n) is 6.93. The number of carbonyl (C=O) groups is 1. The fraction of sp³-hybridized carbons (Fsp3) is 0.250. The quantitative estimate of drug-likeness (QED) is 0.881. The van der Waals surface area contributed by atoms with E-state index >= 15 is 0 Å². The molecule has 21 heavy (non-hydrogen) atoms. The van der Waals surface area contributed by atoms with E-state index in [-0.39, 0.29) is 17.8 Å². The Morgan fingerprint density at radius 1 is 1.48 bits per heavy atom. The second kappa shape index (κ2) is 5.52. The summed E-state index contributed by atoms with van der Waals surface area (Å²) in [4.78, 5) is 21.1. The molecule has 1 aromatic heterocycles. The molecule has 0 radical (unpaired) electrons. The molecule has 1 aliphatic rings. The Hall–Kier alpha value is -2.43. The lowest BCUT2D eigenvalue weighted by Crippen LogP contribution is -2.29. The Labute approximate surface area is 122 Å². The minimum atomic E-state index is -0.293. The normalized spacial score (nSPS) is 18.0. The molecule has 5 heteroatoms. The minimum Gasteiger partial charge on any atom is -0.340 e. The maximum atomic E-state index is 13.8. The molecule has 3 rings (SSSR count). The molecule has 108 valence electrons. The van der Waals surface area contributed by atoms with Crippen molar-refractivity contribution in [3.8, 4) is 11.3 Å². The van der Waals surface area contributed by atoms with Gasteiger partial charge in [0.2, 0.25) is 5.91 Å². The molecule has 0 spiro atoms. The Kier molecular flexibility index (Phi) is 3.56. The lowest BCUT2D eigenvalue weighted by Gasteiger charge is -2.21. The molecule has 1 unspecified atom stereocenters. The number of aromatic nitrogens is 2. The van der Waals surface area contributed by atoms with Crippen LogP contribution in [-0.4, -0.2) is 27.3 Å². The Morgan fingerprint density at radius 2 is 2.29 bits per heavy atom. The first kappa shape index (κ1) is 13.5. The van der Waals surface area contributed by atoms with E-state index in [1.807, 2.05) is 0 Å². The molecular formula is C16H16FN3O. The van der Waals surface area contributed by atoms with Gasteiger partial charge in [-0.15, -0.1) is 0 Å². The van der Waals surface area contributed by atoms with Gasteiger partial charge in [0.05, 0.1) is 17.9 Å². The summed E-state index contributed by atoms with van der Waals surface area (Å²) in [5.74, 6) is 0.306. The van der Waals surface area contributed by atoms with Crippen molar-refractivity contribution in [1.82, 2.24) is 14.9 Å². The van der Waals surface area contributed by atoms with Crippen LogP contribution in [0.15, 0.2) is 43.1 Å². The van der Waals surface area contributed by atoms with Crippen LogP contribution < -0.4 is 0 Å². The number of amides is 1. The molecule has 2 aromatic rings. The molecule has 1 saturated heterocycles. The molecule has 1 aliphatic heterocycles. The SMILES string of the molecule is C=CC(=O)N1CCCC1c1ncc(-c2ccccc2F)[nH]1. The van der Waals surface area contributed by atoms with Crippen molar-refractivity contribution in [3.63, 3.8) is 0 Å². The third kappa shape index (κ3) is 2.46. The summed E-state index contributed by atoms with van der Waals surface area (Å²) in [6.45, 7) is 4.23. The third-order valence-electron chi connectivity index (χ3n) is 3.79. The smallest absolute Gasteiger partial charge is 0.246 e. The van der Waals surface area contributed by atoms with Crippen LogP contribution in [0.2, 0.25) is 0 Å². The molecule has 1 atom stereocenters. The van der Waals surface area contributed by atoms with Gasteiger partial charge in [-0.1, -0.05) is 18.7 Å². The van der Waals surface area contributed by atoms with Gasteiger partial charge in [0, 0.05) is 12.1 Å². The van der Waals surface area contributed by atoms with Crippen LogP contribution in [-0.2, 0) is 4.79 Å². The molecule has 0 saturated carbocycles. The number of rotatable bonds is 3. The zero-order chi connectivity index (χ0) is 14.8. The number of nitrogens with one attached hydrogen (secondary N) is 1. The number of likely N-dealkylation sites (tertiary alicyclic amines) is 1. The number of carbonyl (C=O) groups excluding carboxylic acids is 1. The van der Waals surface area contributed by atoms with Crippen LogP contribution in [0.25, 0.3) is 11.3 Å². The fourth-order valence-electron chi connectivity index (χ4n) is 2.75. The summed E-state index contributed by atoms with van der Waals surface area (Å²) >= 11 is 0. The monoisotopic (exact) mass is 285 g/mol. The van der Waals surface area contributed by atoms with Crippen molar-refractivity contribution < 1.29 is 9.18 Å².